The monoisotopic (exact) mass is 308 g/mol. The number of amides is 2. The van der Waals surface area contributed by atoms with Gasteiger partial charge in [-0.25, -0.2) is 4.79 Å². The lowest BCUT2D eigenvalue weighted by Gasteiger charge is -2.33. The van der Waals surface area contributed by atoms with E-state index < -0.39 is 0 Å². The van der Waals surface area contributed by atoms with E-state index in [0.29, 0.717) is 22.9 Å². The van der Waals surface area contributed by atoms with Crippen molar-refractivity contribution < 1.29 is 19.0 Å². The summed E-state index contributed by atoms with van der Waals surface area (Å²) >= 11 is 0. The molecule has 1 aliphatic heterocycles. The summed E-state index contributed by atoms with van der Waals surface area (Å²) < 4.78 is 15.9. The van der Waals surface area contributed by atoms with Gasteiger partial charge in [0.1, 0.15) is 0 Å². The largest absolute Gasteiger partial charge is 0.493 e. The number of methoxy groups -OCH3 is 3. The number of anilines is 1. The van der Waals surface area contributed by atoms with Crippen LogP contribution in [0.5, 0.6) is 17.2 Å². The zero-order valence-electron chi connectivity index (χ0n) is 13.6. The maximum absolute atomic E-state index is 12.4. The molecule has 0 radical (unpaired) electrons. The second-order valence-corrected chi connectivity index (χ2v) is 5.38. The van der Waals surface area contributed by atoms with Crippen molar-refractivity contribution >= 4 is 11.7 Å². The fourth-order valence-electron chi connectivity index (χ4n) is 2.75. The van der Waals surface area contributed by atoms with Crippen molar-refractivity contribution in [3.63, 3.8) is 0 Å². The van der Waals surface area contributed by atoms with E-state index in [0.717, 1.165) is 19.4 Å². The molecular formula is C16H24N2O4. The molecule has 0 aliphatic carbocycles. The molecule has 2 amide bonds. The number of nitrogens with zero attached hydrogens (tertiary/aromatic N) is 1. The van der Waals surface area contributed by atoms with E-state index in [1.165, 1.54) is 6.42 Å². The van der Waals surface area contributed by atoms with E-state index in [9.17, 15) is 4.79 Å². The summed E-state index contributed by atoms with van der Waals surface area (Å²) in [5, 5.41) is 2.91. The molecular weight excluding hydrogens is 284 g/mol. The minimum absolute atomic E-state index is 0.0959. The number of carbonyl (C=O) groups excluding carboxylic acids is 1. The topological polar surface area (TPSA) is 60.0 Å². The minimum atomic E-state index is -0.0959. The fourth-order valence-corrected chi connectivity index (χ4v) is 2.75. The molecule has 1 unspecified atom stereocenters. The van der Waals surface area contributed by atoms with Gasteiger partial charge in [0.25, 0.3) is 0 Å². The third kappa shape index (κ3) is 3.37. The summed E-state index contributed by atoms with van der Waals surface area (Å²) in [5.41, 5.74) is 0.622. The highest BCUT2D eigenvalue weighted by molar-refractivity contribution is 5.90. The second kappa shape index (κ2) is 7.24. The Hall–Kier alpha value is -2.11. The van der Waals surface area contributed by atoms with Crippen LogP contribution in [0.25, 0.3) is 0 Å². The third-order valence-electron chi connectivity index (χ3n) is 3.98. The molecule has 6 heteroatoms. The maximum Gasteiger partial charge on any atom is 0.322 e. The zero-order valence-corrected chi connectivity index (χ0v) is 13.6. The molecule has 0 spiro atoms. The Labute approximate surface area is 131 Å². The number of piperidine rings is 1. The number of ether oxygens (including phenoxy) is 3. The molecule has 1 aliphatic rings. The van der Waals surface area contributed by atoms with Crippen molar-refractivity contribution in [2.45, 2.75) is 32.2 Å². The predicted molar refractivity (Wildman–Crippen MR) is 85.1 cm³/mol. The second-order valence-electron chi connectivity index (χ2n) is 5.38. The standard InChI is InChI=1S/C16H24N2O4/c1-11-7-5-6-8-18(11)16(19)17-12-9-13(20-2)15(22-4)14(10-12)21-3/h9-11H,5-8H2,1-4H3,(H,17,19). The minimum Gasteiger partial charge on any atom is -0.493 e. The first-order valence-corrected chi connectivity index (χ1v) is 7.48. The Bertz CT molecular complexity index is 508. The number of nitrogens with one attached hydrogen (secondary N) is 1. The lowest BCUT2D eigenvalue weighted by molar-refractivity contribution is 0.170. The van der Waals surface area contributed by atoms with Crippen LogP contribution in [-0.4, -0.2) is 44.8 Å². The summed E-state index contributed by atoms with van der Waals surface area (Å²) in [6.07, 6.45) is 3.27. The molecule has 22 heavy (non-hydrogen) atoms. The highest BCUT2D eigenvalue weighted by Gasteiger charge is 2.24. The van der Waals surface area contributed by atoms with Crippen molar-refractivity contribution in [1.82, 2.24) is 4.90 Å². The van der Waals surface area contributed by atoms with Crippen molar-refractivity contribution in [2.75, 3.05) is 33.2 Å². The zero-order chi connectivity index (χ0) is 16.1. The molecule has 6 nitrogen and oxygen atoms in total. The van der Waals surface area contributed by atoms with Gasteiger partial charge in [-0.05, 0) is 26.2 Å². The van der Waals surface area contributed by atoms with Crippen LogP contribution in [0.15, 0.2) is 12.1 Å². The summed E-state index contributed by atoms with van der Waals surface area (Å²) in [6, 6.07) is 3.62. The van der Waals surface area contributed by atoms with E-state index in [1.807, 2.05) is 4.90 Å². The van der Waals surface area contributed by atoms with Crippen LogP contribution >= 0.6 is 0 Å². The van der Waals surface area contributed by atoms with Crippen LogP contribution in [0.1, 0.15) is 26.2 Å². The fraction of sp³-hybridized carbons (Fsp3) is 0.562. The Morgan fingerprint density at radius 3 is 2.27 bits per heavy atom. The van der Waals surface area contributed by atoms with Gasteiger partial charge in [0.05, 0.1) is 27.0 Å². The number of benzene rings is 1. The van der Waals surface area contributed by atoms with E-state index in [-0.39, 0.29) is 12.1 Å². The van der Waals surface area contributed by atoms with E-state index in [2.05, 4.69) is 12.2 Å². The Morgan fingerprint density at radius 1 is 1.14 bits per heavy atom. The van der Waals surface area contributed by atoms with Gasteiger partial charge in [-0.3, -0.25) is 0 Å². The molecule has 1 aromatic rings. The van der Waals surface area contributed by atoms with Gasteiger partial charge >= 0.3 is 6.03 Å². The van der Waals surface area contributed by atoms with Gasteiger partial charge in [-0.2, -0.15) is 0 Å². The quantitative estimate of drug-likeness (QED) is 0.928. The molecule has 0 saturated carbocycles. The van der Waals surface area contributed by atoms with Gasteiger partial charge in [0, 0.05) is 24.7 Å². The normalized spacial score (nSPS) is 17.8. The molecule has 1 heterocycles. The van der Waals surface area contributed by atoms with E-state index >= 15 is 0 Å². The number of urea groups is 1. The van der Waals surface area contributed by atoms with Gasteiger partial charge in [-0.15, -0.1) is 0 Å². The smallest absolute Gasteiger partial charge is 0.322 e. The van der Waals surface area contributed by atoms with Crippen LogP contribution in [0.4, 0.5) is 10.5 Å². The first kappa shape index (κ1) is 16.3. The average Bonchev–Trinajstić information content (AvgIpc) is 2.54. The number of hydrogen-bond donors (Lipinski definition) is 1. The van der Waals surface area contributed by atoms with Crippen LogP contribution in [-0.2, 0) is 0 Å². The van der Waals surface area contributed by atoms with Crippen LogP contribution in [0.2, 0.25) is 0 Å². The Kier molecular flexibility index (Phi) is 5.35. The molecule has 1 fully saturated rings. The highest BCUT2D eigenvalue weighted by Crippen LogP contribution is 2.40. The molecule has 2 rings (SSSR count). The summed E-state index contributed by atoms with van der Waals surface area (Å²) in [7, 11) is 4.65. The van der Waals surface area contributed by atoms with Crippen molar-refractivity contribution in [3.8, 4) is 17.2 Å². The van der Waals surface area contributed by atoms with Gasteiger partial charge < -0.3 is 24.4 Å². The van der Waals surface area contributed by atoms with Crippen molar-refractivity contribution in [3.05, 3.63) is 12.1 Å². The molecule has 1 aromatic carbocycles. The van der Waals surface area contributed by atoms with Gasteiger partial charge in [-0.1, -0.05) is 0 Å². The number of carbonyl (C=O) groups is 1. The highest BCUT2D eigenvalue weighted by atomic mass is 16.5. The number of likely N-dealkylation sites (tertiary alicyclic amines) is 1. The summed E-state index contributed by atoms with van der Waals surface area (Å²) in [5.74, 6) is 1.54. The molecule has 122 valence electrons. The molecule has 0 bridgehead atoms. The van der Waals surface area contributed by atoms with Crippen LogP contribution in [0, 0.1) is 0 Å². The molecule has 0 aromatic heterocycles. The summed E-state index contributed by atoms with van der Waals surface area (Å²) in [6.45, 7) is 2.87. The molecule has 1 saturated heterocycles. The van der Waals surface area contributed by atoms with Crippen LogP contribution in [0.3, 0.4) is 0 Å². The first-order valence-electron chi connectivity index (χ1n) is 7.48. The SMILES string of the molecule is COc1cc(NC(=O)N2CCCCC2C)cc(OC)c1OC. The lowest BCUT2D eigenvalue weighted by atomic mass is 10.0. The lowest BCUT2D eigenvalue weighted by Crippen LogP contribution is -2.44. The van der Waals surface area contributed by atoms with Crippen molar-refractivity contribution in [2.24, 2.45) is 0 Å². The number of rotatable bonds is 4. The maximum atomic E-state index is 12.4. The van der Waals surface area contributed by atoms with Crippen molar-refractivity contribution in [1.29, 1.82) is 0 Å². The van der Waals surface area contributed by atoms with Gasteiger partial charge in [0.2, 0.25) is 5.75 Å². The molecule has 1 atom stereocenters. The van der Waals surface area contributed by atoms with Gasteiger partial charge in [0.15, 0.2) is 11.5 Å². The average molecular weight is 308 g/mol. The van der Waals surface area contributed by atoms with Crippen LogP contribution < -0.4 is 19.5 Å². The Morgan fingerprint density at radius 2 is 1.77 bits per heavy atom. The summed E-state index contributed by atoms with van der Waals surface area (Å²) in [4.78, 5) is 14.3. The Balaban J connectivity index is 2.20. The van der Waals surface area contributed by atoms with E-state index in [1.54, 1.807) is 33.5 Å². The van der Waals surface area contributed by atoms with E-state index in [4.69, 9.17) is 14.2 Å². The third-order valence-corrected chi connectivity index (χ3v) is 3.98. The first-order chi connectivity index (χ1) is 10.6. The number of hydrogen-bond acceptors (Lipinski definition) is 4. The predicted octanol–water partition coefficient (Wildman–Crippen LogP) is 3.12. The molecule has 1 N–H and O–H groups in total.